The number of carbonyl (C=O) groups is 2. The minimum Gasteiger partial charge on any atom is -0.344 e. The third-order valence-electron chi connectivity index (χ3n) is 7.88. The van der Waals surface area contributed by atoms with Gasteiger partial charge in [-0.1, -0.05) is 103 Å². The first-order valence-electron chi connectivity index (χ1n) is 15.0. The minimum absolute atomic E-state index is 0.159. The lowest BCUT2D eigenvalue weighted by atomic mass is 10.00. The fourth-order valence-electron chi connectivity index (χ4n) is 5.19. The molecule has 1 aliphatic heterocycles. The first kappa shape index (κ1) is 31.7. The van der Waals surface area contributed by atoms with E-state index in [0.29, 0.717) is 18.7 Å². The Morgan fingerprint density at radius 3 is 1.91 bits per heavy atom. The third kappa shape index (κ3) is 8.68. The van der Waals surface area contributed by atoms with Gasteiger partial charge in [-0.15, -0.1) is 0 Å². The zero-order chi connectivity index (χ0) is 31.6. The van der Waals surface area contributed by atoms with Crippen LogP contribution in [0.3, 0.4) is 0 Å². The molecule has 1 saturated heterocycles. The fourth-order valence-corrected chi connectivity index (χ4v) is 6.25. The van der Waals surface area contributed by atoms with Crippen molar-refractivity contribution >= 4 is 21.8 Å². The second-order valence-corrected chi connectivity index (χ2v) is 13.0. The highest BCUT2D eigenvalue weighted by molar-refractivity contribution is 7.94. The van der Waals surface area contributed by atoms with Crippen LogP contribution in [0.25, 0.3) is 11.1 Å². The molecule has 1 aliphatic rings. The highest BCUT2D eigenvalue weighted by Gasteiger charge is 2.27. The third-order valence-corrected chi connectivity index (χ3v) is 9.33. The number of hydrogen-bond acceptors (Lipinski definition) is 5. The average molecular weight is 623 g/mol. The number of nitrogens with one attached hydrogen (secondary N) is 2. The van der Waals surface area contributed by atoms with Gasteiger partial charge in [-0.3, -0.25) is 4.79 Å². The van der Waals surface area contributed by atoms with Crippen LogP contribution < -0.4 is 10.6 Å². The molecule has 0 bridgehead atoms. The Kier molecular flexibility index (Phi) is 10.4. The smallest absolute Gasteiger partial charge is 0.318 e. The predicted molar refractivity (Wildman–Crippen MR) is 177 cm³/mol. The summed E-state index contributed by atoms with van der Waals surface area (Å²) in [6.45, 7) is 2.65. The van der Waals surface area contributed by atoms with Gasteiger partial charge in [0.15, 0.2) is 9.84 Å². The van der Waals surface area contributed by atoms with E-state index in [4.69, 9.17) is 0 Å². The first-order valence-corrected chi connectivity index (χ1v) is 16.6. The summed E-state index contributed by atoms with van der Waals surface area (Å²) in [4.78, 5) is 31.3. The number of rotatable bonds is 10. The van der Waals surface area contributed by atoms with Crippen molar-refractivity contribution in [3.05, 3.63) is 138 Å². The second kappa shape index (κ2) is 14.8. The van der Waals surface area contributed by atoms with Crippen molar-refractivity contribution in [2.24, 2.45) is 0 Å². The van der Waals surface area contributed by atoms with E-state index in [1.165, 1.54) is 18.2 Å². The molecule has 0 unspecified atom stereocenters. The topological polar surface area (TPSA) is 98.8 Å². The second-order valence-electron chi connectivity index (χ2n) is 11.1. The van der Waals surface area contributed by atoms with Crippen LogP contribution in [0.15, 0.2) is 132 Å². The van der Waals surface area contributed by atoms with Crippen LogP contribution in [-0.4, -0.2) is 69.4 Å². The van der Waals surface area contributed by atoms with E-state index in [0.717, 1.165) is 35.2 Å². The molecule has 0 spiro atoms. The molecule has 0 saturated carbocycles. The number of likely N-dealkylation sites (N-methyl/N-ethyl adjacent to an activating group) is 1. The fraction of sp³-hybridized carbons (Fsp3) is 0.222. The molecule has 0 aromatic heterocycles. The van der Waals surface area contributed by atoms with Crippen molar-refractivity contribution in [2.75, 3.05) is 33.2 Å². The van der Waals surface area contributed by atoms with E-state index < -0.39 is 27.8 Å². The lowest BCUT2D eigenvalue weighted by molar-refractivity contribution is -0.123. The summed E-state index contributed by atoms with van der Waals surface area (Å²) < 4.78 is 26.3. The maximum Gasteiger partial charge on any atom is 0.318 e. The Morgan fingerprint density at radius 2 is 1.29 bits per heavy atom. The molecule has 4 aromatic carbocycles. The molecule has 1 fully saturated rings. The minimum atomic E-state index is -3.77. The first-order chi connectivity index (χ1) is 21.8. The molecule has 9 heteroatoms. The van der Waals surface area contributed by atoms with Crippen LogP contribution in [0.2, 0.25) is 0 Å². The Morgan fingerprint density at radius 1 is 0.733 bits per heavy atom. The van der Waals surface area contributed by atoms with Crippen molar-refractivity contribution in [3.63, 3.8) is 0 Å². The number of urea groups is 1. The standard InChI is InChI=1S/C36H38N4O4S/c1-39-22-24-40(25-23-39)36(42)38-34(27-28-11-5-2-6-12-28)35(41)37-33(21-26-45(43,44)32-15-9-4-10-16-32)31-19-17-30(18-20-31)29-13-7-3-8-14-29/h2-21,26,33-34H,22-25,27H2,1H3,(H,37,41)(H,38,42)/b26-21+/t33-,34+/m1/s1. The lowest BCUT2D eigenvalue weighted by Gasteiger charge is -2.33. The predicted octanol–water partition coefficient (Wildman–Crippen LogP) is 5.07. The highest BCUT2D eigenvalue weighted by Crippen LogP contribution is 2.24. The van der Waals surface area contributed by atoms with Crippen LogP contribution in [0, 0.1) is 0 Å². The van der Waals surface area contributed by atoms with E-state index in [2.05, 4.69) is 15.5 Å². The summed E-state index contributed by atoms with van der Waals surface area (Å²) in [6, 6.07) is 33.2. The number of nitrogens with zero attached hydrogens (tertiary/aromatic N) is 2. The van der Waals surface area contributed by atoms with Crippen LogP contribution in [0.5, 0.6) is 0 Å². The summed E-state index contributed by atoms with van der Waals surface area (Å²) in [5.41, 5.74) is 3.63. The number of carbonyl (C=O) groups excluding carboxylic acids is 2. The van der Waals surface area contributed by atoms with Crippen LogP contribution in [-0.2, 0) is 21.1 Å². The average Bonchev–Trinajstić information content (AvgIpc) is 3.08. The summed E-state index contributed by atoms with van der Waals surface area (Å²) in [5.74, 6) is -0.416. The molecule has 0 radical (unpaired) electrons. The quantitative estimate of drug-likeness (QED) is 0.258. The van der Waals surface area contributed by atoms with Gasteiger partial charge in [0.1, 0.15) is 6.04 Å². The van der Waals surface area contributed by atoms with Gasteiger partial charge in [0.05, 0.1) is 10.9 Å². The number of benzene rings is 4. The Bertz CT molecular complexity index is 1690. The Hall–Kier alpha value is -4.73. The zero-order valence-corrected chi connectivity index (χ0v) is 26.1. The van der Waals surface area contributed by atoms with Gasteiger partial charge in [0.2, 0.25) is 5.91 Å². The molecule has 3 amide bonds. The molecule has 8 nitrogen and oxygen atoms in total. The molecule has 2 N–H and O–H groups in total. The maximum atomic E-state index is 13.9. The van der Waals surface area contributed by atoms with E-state index in [9.17, 15) is 18.0 Å². The van der Waals surface area contributed by atoms with Crippen LogP contribution in [0.1, 0.15) is 17.2 Å². The van der Waals surface area contributed by atoms with Gasteiger partial charge in [-0.25, -0.2) is 13.2 Å². The van der Waals surface area contributed by atoms with Crippen LogP contribution in [0.4, 0.5) is 4.79 Å². The Balaban J connectivity index is 1.42. The summed E-state index contributed by atoms with van der Waals surface area (Å²) in [5, 5.41) is 7.10. The Labute approximate surface area is 265 Å². The maximum absolute atomic E-state index is 13.9. The van der Waals surface area contributed by atoms with Crippen molar-refractivity contribution in [2.45, 2.75) is 23.4 Å². The molecule has 0 aliphatic carbocycles. The molecule has 4 aromatic rings. The summed E-state index contributed by atoms with van der Waals surface area (Å²) in [6.07, 6.45) is 1.76. The molecule has 45 heavy (non-hydrogen) atoms. The number of piperazine rings is 1. The zero-order valence-electron chi connectivity index (χ0n) is 25.3. The van der Waals surface area contributed by atoms with Gasteiger partial charge in [0, 0.05) is 38.0 Å². The number of amides is 3. The van der Waals surface area contributed by atoms with Crippen molar-refractivity contribution in [1.82, 2.24) is 20.4 Å². The molecular weight excluding hydrogens is 584 g/mol. The van der Waals surface area contributed by atoms with Gasteiger partial charge in [-0.05, 0) is 47.5 Å². The van der Waals surface area contributed by atoms with E-state index in [1.807, 2.05) is 92.0 Å². The van der Waals surface area contributed by atoms with E-state index >= 15 is 0 Å². The van der Waals surface area contributed by atoms with Crippen molar-refractivity contribution < 1.29 is 18.0 Å². The molecular formula is C36H38N4O4S. The molecule has 232 valence electrons. The lowest BCUT2D eigenvalue weighted by Crippen LogP contribution is -2.56. The van der Waals surface area contributed by atoms with E-state index in [-0.39, 0.29) is 17.3 Å². The van der Waals surface area contributed by atoms with Crippen LogP contribution >= 0.6 is 0 Å². The van der Waals surface area contributed by atoms with Crippen molar-refractivity contribution in [3.8, 4) is 11.1 Å². The van der Waals surface area contributed by atoms with E-state index in [1.54, 1.807) is 23.1 Å². The van der Waals surface area contributed by atoms with Gasteiger partial charge < -0.3 is 20.4 Å². The molecule has 2 atom stereocenters. The largest absolute Gasteiger partial charge is 0.344 e. The SMILES string of the molecule is CN1CCN(C(=O)N[C@@H](Cc2ccccc2)C(=O)N[C@H](/C=C/S(=O)(=O)c2ccccc2)c2ccc(-c3ccccc3)cc2)CC1. The number of hydrogen-bond donors (Lipinski definition) is 2. The van der Waals surface area contributed by atoms with Gasteiger partial charge in [-0.2, -0.15) is 0 Å². The highest BCUT2D eigenvalue weighted by atomic mass is 32.2. The van der Waals surface area contributed by atoms with Gasteiger partial charge >= 0.3 is 6.03 Å². The van der Waals surface area contributed by atoms with Crippen molar-refractivity contribution in [1.29, 1.82) is 0 Å². The summed E-state index contributed by atoms with van der Waals surface area (Å²) >= 11 is 0. The normalized spacial score (nSPS) is 15.4. The number of sulfone groups is 1. The molecule has 5 rings (SSSR count). The monoisotopic (exact) mass is 622 g/mol. The molecule has 1 heterocycles. The van der Waals surface area contributed by atoms with Gasteiger partial charge in [0.25, 0.3) is 0 Å². The summed E-state index contributed by atoms with van der Waals surface area (Å²) in [7, 11) is -1.76.